The molecule has 1 N–H and O–H groups in total. The van der Waals surface area contributed by atoms with Crippen molar-refractivity contribution in [1.29, 1.82) is 0 Å². The van der Waals surface area contributed by atoms with Gasteiger partial charge in [0.2, 0.25) is 0 Å². The highest BCUT2D eigenvalue weighted by atomic mass is 32.2. The molecule has 26 heavy (non-hydrogen) atoms. The van der Waals surface area contributed by atoms with Gasteiger partial charge < -0.3 is 10.2 Å². The molecule has 1 heterocycles. The summed E-state index contributed by atoms with van der Waals surface area (Å²) in [5.41, 5.74) is 0. The summed E-state index contributed by atoms with van der Waals surface area (Å²) in [6.45, 7) is 7.25. The highest BCUT2D eigenvalue weighted by molar-refractivity contribution is 7.91. The van der Waals surface area contributed by atoms with Gasteiger partial charge in [-0.05, 0) is 36.8 Å². The first kappa shape index (κ1) is 20.7. The second kappa shape index (κ2) is 9.95. The number of nitrogens with zero attached hydrogens (tertiary/aromatic N) is 2. The van der Waals surface area contributed by atoms with Gasteiger partial charge in [-0.1, -0.05) is 44.9 Å². The summed E-state index contributed by atoms with van der Waals surface area (Å²) in [6, 6.07) is 8.66. The van der Waals surface area contributed by atoms with Crippen molar-refractivity contribution in [3.05, 3.63) is 30.3 Å². The van der Waals surface area contributed by atoms with E-state index in [4.69, 9.17) is 0 Å². The van der Waals surface area contributed by atoms with Gasteiger partial charge in [-0.25, -0.2) is 8.42 Å². The Labute approximate surface area is 158 Å². The average Bonchev–Trinajstić information content (AvgIpc) is 3.13. The molecule has 1 aliphatic rings. The van der Waals surface area contributed by atoms with Gasteiger partial charge in [0.15, 0.2) is 15.8 Å². The van der Waals surface area contributed by atoms with Gasteiger partial charge in [-0.2, -0.15) is 0 Å². The molecule has 1 fully saturated rings. The van der Waals surface area contributed by atoms with E-state index >= 15 is 0 Å². The van der Waals surface area contributed by atoms with Gasteiger partial charge in [-0.3, -0.25) is 4.99 Å². The first-order valence-electron chi connectivity index (χ1n) is 9.75. The van der Waals surface area contributed by atoms with E-state index in [0.29, 0.717) is 17.9 Å². The van der Waals surface area contributed by atoms with Gasteiger partial charge in [0.1, 0.15) is 0 Å². The maximum Gasteiger partial charge on any atom is 0.193 e. The van der Waals surface area contributed by atoms with Crippen LogP contribution in [-0.4, -0.2) is 51.7 Å². The fourth-order valence-electron chi connectivity index (χ4n) is 3.86. The lowest BCUT2D eigenvalue weighted by atomic mass is 9.87. The van der Waals surface area contributed by atoms with E-state index in [1.54, 1.807) is 31.3 Å². The SMILES string of the molecule is CCC(CC)C1CCN(C(=NC)NCCCS(=O)(=O)c2ccccc2)C1. The third kappa shape index (κ3) is 5.47. The molecule has 0 radical (unpaired) electrons. The molecule has 0 spiro atoms. The molecular weight excluding hydrogens is 346 g/mol. The molecule has 1 aliphatic heterocycles. The number of nitrogens with one attached hydrogen (secondary N) is 1. The van der Waals surface area contributed by atoms with Gasteiger partial charge in [0.05, 0.1) is 10.6 Å². The quantitative estimate of drug-likeness (QED) is 0.428. The highest BCUT2D eigenvalue weighted by Crippen LogP contribution is 2.28. The molecular formula is C20H33N3O2S. The van der Waals surface area contributed by atoms with Crippen molar-refractivity contribution < 1.29 is 8.42 Å². The minimum atomic E-state index is -3.20. The first-order chi connectivity index (χ1) is 12.5. The van der Waals surface area contributed by atoms with E-state index in [0.717, 1.165) is 30.9 Å². The van der Waals surface area contributed by atoms with Crippen LogP contribution in [0.1, 0.15) is 39.5 Å². The second-order valence-electron chi connectivity index (χ2n) is 7.03. The summed E-state index contributed by atoms with van der Waals surface area (Å²) in [4.78, 5) is 7.10. The second-order valence-corrected chi connectivity index (χ2v) is 9.14. The lowest BCUT2D eigenvalue weighted by Crippen LogP contribution is -2.41. The van der Waals surface area contributed by atoms with Gasteiger partial charge in [0, 0.05) is 26.7 Å². The number of hydrogen-bond donors (Lipinski definition) is 1. The van der Waals surface area contributed by atoms with E-state index < -0.39 is 9.84 Å². The Hall–Kier alpha value is -1.56. The Kier molecular flexibility index (Phi) is 7.94. The number of likely N-dealkylation sites (tertiary alicyclic amines) is 1. The van der Waals surface area contributed by atoms with Gasteiger partial charge >= 0.3 is 0 Å². The average molecular weight is 380 g/mol. The third-order valence-electron chi connectivity index (χ3n) is 5.43. The van der Waals surface area contributed by atoms with Crippen molar-refractivity contribution in [1.82, 2.24) is 10.2 Å². The van der Waals surface area contributed by atoms with Crippen LogP contribution in [0.15, 0.2) is 40.2 Å². The standard InChI is InChI=1S/C20H33N3O2S/c1-4-17(5-2)18-12-14-23(16-18)20(21-3)22-13-9-15-26(24,25)19-10-7-6-8-11-19/h6-8,10-11,17-18H,4-5,9,12-16H2,1-3H3,(H,21,22). The Bertz CT molecular complexity index is 670. The molecule has 1 unspecified atom stereocenters. The van der Waals surface area contributed by atoms with Crippen molar-refractivity contribution in [2.24, 2.45) is 16.8 Å². The summed E-state index contributed by atoms with van der Waals surface area (Å²) in [5, 5.41) is 3.34. The van der Waals surface area contributed by atoms with Gasteiger partial charge in [0.25, 0.3) is 0 Å². The number of guanidine groups is 1. The van der Waals surface area contributed by atoms with E-state index in [1.165, 1.54) is 19.3 Å². The number of benzene rings is 1. The van der Waals surface area contributed by atoms with Crippen molar-refractivity contribution in [2.75, 3.05) is 32.4 Å². The van der Waals surface area contributed by atoms with Crippen molar-refractivity contribution in [2.45, 2.75) is 44.4 Å². The highest BCUT2D eigenvalue weighted by Gasteiger charge is 2.29. The lowest BCUT2D eigenvalue weighted by molar-refractivity contribution is 0.319. The molecule has 1 aromatic carbocycles. The van der Waals surface area contributed by atoms with Crippen LogP contribution in [0, 0.1) is 11.8 Å². The van der Waals surface area contributed by atoms with Crippen LogP contribution in [0.2, 0.25) is 0 Å². The summed E-state index contributed by atoms with van der Waals surface area (Å²) < 4.78 is 24.6. The third-order valence-corrected chi connectivity index (χ3v) is 7.24. The number of sulfone groups is 1. The molecule has 0 saturated carbocycles. The summed E-state index contributed by atoms with van der Waals surface area (Å²) >= 11 is 0. The monoisotopic (exact) mass is 379 g/mol. The Morgan fingerprint density at radius 3 is 2.58 bits per heavy atom. The van der Waals surface area contributed by atoms with Crippen LogP contribution in [0.5, 0.6) is 0 Å². The minimum Gasteiger partial charge on any atom is -0.356 e. The Morgan fingerprint density at radius 2 is 1.96 bits per heavy atom. The molecule has 1 atom stereocenters. The molecule has 0 aromatic heterocycles. The topological polar surface area (TPSA) is 61.8 Å². The number of rotatable bonds is 8. The van der Waals surface area contributed by atoms with Crippen LogP contribution in [-0.2, 0) is 9.84 Å². The fraction of sp³-hybridized carbons (Fsp3) is 0.650. The summed E-state index contributed by atoms with van der Waals surface area (Å²) in [6.07, 6.45) is 4.26. The van der Waals surface area contributed by atoms with Crippen molar-refractivity contribution in [3.8, 4) is 0 Å². The zero-order valence-electron chi connectivity index (χ0n) is 16.3. The van der Waals surface area contributed by atoms with Crippen LogP contribution in [0.4, 0.5) is 0 Å². The molecule has 6 heteroatoms. The number of aliphatic imine (C=N–C) groups is 1. The van der Waals surface area contributed by atoms with E-state index in [9.17, 15) is 8.42 Å². The lowest BCUT2D eigenvalue weighted by Gasteiger charge is -2.24. The van der Waals surface area contributed by atoms with Crippen LogP contribution in [0.25, 0.3) is 0 Å². The molecule has 146 valence electrons. The maximum atomic E-state index is 12.3. The van der Waals surface area contributed by atoms with E-state index in [-0.39, 0.29) is 5.75 Å². The van der Waals surface area contributed by atoms with Crippen molar-refractivity contribution in [3.63, 3.8) is 0 Å². The van der Waals surface area contributed by atoms with Gasteiger partial charge in [-0.15, -0.1) is 0 Å². The predicted octanol–water partition coefficient (Wildman–Crippen LogP) is 3.18. The predicted molar refractivity (Wildman–Crippen MR) is 108 cm³/mol. The minimum absolute atomic E-state index is 0.150. The van der Waals surface area contributed by atoms with Crippen molar-refractivity contribution >= 4 is 15.8 Å². The zero-order valence-corrected chi connectivity index (χ0v) is 17.1. The molecule has 5 nitrogen and oxygen atoms in total. The maximum absolute atomic E-state index is 12.3. The van der Waals surface area contributed by atoms with Crippen LogP contribution in [0.3, 0.4) is 0 Å². The van der Waals surface area contributed by atoms with Crippen LogP contribution >= 0.6 is 0 Å². The summed E-state index contributed by atoms with van der Waals surface area (Å²) in [5.74, 6) is 2.57. The molecule has 0 amide bonds. The Morgan fingerprint density at radius 1 is 1.27 bits per heavy atom. The van der Waals surface area contributed by atoms with E-state index in [2.05, 4.69) is 29.1 Å². The zero-order chi connectivity index (χ0) is 19.0. The molecule has 1 saturated heterocycles. The fourth-order valence-corrected chi connectivity index (χ4v) is 5.19. The summed E-state index contributed by atoms with van der Waals surface area (Å²) in [7, 11) is -1.41. The Balaban J connectivity index is 1.80. The van der Waals surface area contributed by atoms with E-state index in [1.807, 2.05) is 6.07 Å². The van der Waals surface area contributed by atoms with Crippen LogP contribution < -0.4 is 5.32 Å². The molecule has 0 aliphatic carbocycles. The number of hydrogen-bond acceptors (Lipinski definition) is 3. The molecule has 0 bridgehead atoms. The molecule has 2 rings (SSSR count). The smallest absolute Gasteiger partial charge is 0.193 e. The largest absolute Gasteiger partial charge is 0.356 e. The molecule has 1 aromatic rings. The normalized spacial score (nSPS) is 18.5. The first-order valence-corrected chi connectivity index (χ1v) is 11.4.